The van der Waals surface area contributed by atoms with Gasteiger partial charge < -0.3 is 47.5 Å². The molecule has 5 fully saturated rings. The Morgan fingerprint density at radius 3 is 2.39 bits per heavy atom. The minimum Gasteiger partial charge on any atom is -0.369 e. The van der Waals surface area contributed by atoms with Crippen LogP contribution in [0.1, 0.15) is 47.8 Å². The van der Waals surface area contributed by atoms with Crippen molar-refractivity contribution >= 4 is 43.3 Å². The van der Waals surface area contributed by atoms with Crippen LogP contribution >= 0.6 is 0 Å². The lowest BCUT2D eigenvalue weighted by molar-refractivity contribution is -0.268. The number of sulfonamides is 1. The predicted octanol–water partition coefficient (Wildman–Crippen LogP) is -0.474. The number of aromatic nitrogens is 4. The van der Waals surface area contributed by atoms with E-state index in [0.717, 1.165) is 0 Å². The minimum absolute atomic E-state index is 0.0125. The van der Waals surface area contributed by atoms with E-state index in [4.69, 9.17) is 42.6 Å². The van der Waals surface area contributed by atoms with Gasteiger partial charge in [-0.25, -0.2) is 31.5 Å². The summed E-state index contributed by atoms with van der Waals surface area (Å²) in [5.74, 6) is -5.95. The van der Waals surface area contributed by atoms with Gasteiger partial charge in [-0.15, -0.1) is 0 Å². The number of ether oxygens (including phenoxy) is 9. The van der Waals surface area contributed by atoms with Crippen molar-refractivity contribution in [3.63, 3.8) is 0 Å². The van der Waals surface area contributed by atoms with Crippen molar-refractivity contribution in [2.75, 3.05) is 45.2 Å². The number of nitrogens with one attached hydrogen (secondary N) is 1. The van der Waals surface area contributed by atoms with Gasteiger partial charge in [0, 0.05) is 27.7 Å². The maximum atomic E-state index is 13.6. The molecule has 54 heavy (non-hydrogen) atoms. The Morgan fingerprint density at radius 1 is 1.00 bits per heavy atom. The lowest BCUT2D eigenvalue weighted by atomic mass is 9.98. The number of fused-ring (bicyclic) bond motifs is 5. The third-order valence-electron chi connectivity index (χ3n) is 9.26. The maximum Gasteiger partial charge on any atom is 0.285 e. The van der Waals surface area contributed by atoms with E-state index >= 15 is 0 Å². The zero-order valence-electron chi connectivity index (χ0n) is 31.4. The van der Waals surface area contributed by atoms with Crippen LogP contribution in [-0.4, -0.2) is 152 Å². The molecule has 1 N–H and O–H groups in total. The number of sulfone groups is 1. The molecule has 0 radical (unpaired) electrons. The second-order valence-electron chi connectivity index (χ2n) is 15.5. The van der Waals surface area contributed by atoms with Gasteiger partial charge >= 0.3 is 0 Å². The summed E-state index contributed by atoms with van der Waals surface area (Å²) in [4.78, 5) is 28.3. The standard InChI is InChI=1S/C31H47N7O14S2/c1-28(2)47-18-11-45-31(23(21(18)49-28)51-30(5,6)52-31)12-53(40,41)16-54(42,43)34-10-17-20-22(50-29(3,4)48-20)26(46-17)37-14-32-19-24(37)35-27(33-13-36(7)8)38(15-44-9)25(19)39/h13-14,17-18,20-23,26,34H,10-12,15-16H2,1-9H3/b33-13+/t17-,18-,20-,21-,22-,23+,26-,31+/m1/s1. The van der Waals surface area contributed by atoms with Crippen LogP contribution in [0.5, 0.6) is 0 Å². The van der Waals surface area contributed by atoms with E-state index in [1.807, 2.05) is 0 Å². The summed E-state index contributed by atoms with van der Waals surface area (Å²) in [7, 11) is -3.99. The molecule has 5 aliphatic rings. The number of nitrogens with zero attached hydrogens (tertiary/aromatic N) is 6. The van der Waals surface area contributed by atoms with E-state index < -0.39 is 102 Å². The van der Waals surface area contributed by atoms with Crippen LogP contribution in [0.15, 0.2) is 16.1 Å². The largest absolute Gasteiger partial charge is 0.369 e. The Hall–Kier alpha value is -2.68. The number of hydrogen-bond donors (Lipinski definition) is 1. The Balaban J connectivity index is 1.09. The first-order chi connectivity index (χ1) is 25.0. The first kappa shape index (κ1) is 39.6. The predicted molar refractivity (Wildman–Crippen MR) is 186 cm³/mol. The molecule has 5 saturated heterocycles. The number of aliphatic imine (C=N–C) groups is 1. The van der Waals surface area contributed by atoms with Crippen LogP contribution in [0.2, 0.25) is 0 Å². The van der Waals surface area contributed by atoms with Crippen molar-refractivity contribution in [2.45, 2.75) is 114 Å². The SMILES string of the molecule is COCn1c(/N=C/N(C)C)nc2c(ncn2[C@@H]2O[C@H](CNS(=O)(=O)CS(=O)(=O)C[C@@]34OC[C@H]5OC(C)(C)O[C@H]5[C@@H]3OC(C)(C)O4)[C@H]3OC(C)(C)O[C@H]32)c1=O. The molecule has 0 aromatic carbocycles. The highest BCUT2D eigenvalue weighted by Crippen LogP contribution is 2.48. The highest BCUT2D eigenvalue weighted by Gasteiger charge is 2.66. The van der Waals surface area contributed by atoms with Crippen LogP contribution in [0.3, 0.4) is 0 Å². The van der Waals surface area contributed by atoms with Gasteiger partial charge in [-0.3, -0.25) is 13.9 Å². The maximum absolute atomic E-state index is 13.6. The molecule has 8 atom stereocenters. The summed E-state index contributed by atoms with van der Waals surface area (Å²) in [5, 5.41) is -1.29. The molecule has 0 unspecified atom stereocenters. The zero-order valence-corrected chi connectivity index (χ0v) is 33.1. The van der Waals surface area contributed by atoms with Crippen LogP contribution in [-0.2, 0) is 69.2 Å². The summed E-state index contributed by atoms with van der Waals surface area (Å²) < 4.78 is 113. The number of imidazole rings is 1. The van der Waals surface area contributed by atoms with Gasteiger partial charge in [0.05, 0.1) is 19.3 Å². The fourth-order valence-electron chi connectivity index (χ4n) is 7.52. The van der Waals surface area contributed by atoms with Gasteiger partial charge in [0.15, 0.2) is 49.7 Å². The zero-order chi connectivity index (χ0) is 39.2. The topological polar surface area (TPSA) is 232 Å². The summed E-state index contributed by atoms with van der Waals surface area (Å²) in [6.45, 7) is 9.48. The molecule has 23 heteroatoms. The molecule has 5 aliphatic heterocycles. The smallest absolute Gasteiger partial charge is 0.285 e. The van der Waals surface area contributed by atoms with Gasteiger partial charge in [-0.05, 0) is 41.5 Å². The number of methoxy groups -OCH3 is 1. The second kappa shape index (κ2) is 13.5. The van der Waals surface area contributed by atoms with E-state index in [1.54, 1.807) is 60.5 Å². The highest BCUT2D eigenvalue weighted by molar-refractivity contribution is 8.07. The van der Waals surface area contributed by atoms with Gasteiger partial charge in [0.25, 0.3) is 5.56 Å². The molecule has 2 aromatic rings. The molecular formula is C31H47N7O14S2. The second-order valence-corrected chi connectivity index (χ2v) is 19.7. The van der Waals surface area contributed by atoms with Crippen molar-refractivity contribution in [3.05, 3.63) is 16.7 Å². The molecule has 21 nitrogen and oxygen atoms in total. The van der Waals surface area contributed by atoms with Crippen molar-refractivity contribution in [2.24, 2.45) is 4.99 Å². The average Bonchev–Trinajstić information content (AvgIpc) is 3.80. The van der Waals surface area contributed by atoms with Crippen LogP contribution in [0.25, 0.3) is 11.2 Å². The van der Waals surface area contributed by atoms with Gasteiger partial charge in [-0.2, -0.15) is 4.98 Å². The number of rotatable bonds is 12. The molecule has 2 aromatic heterocycles. The third-order valence-corrected chi connectivity index (χ3v) is 13.4. The molecule has 0 amide bonds. The van der Waals surface area contributed by atoms with E-state index in [1.165, 1.54) is 28.9 Å². The summed E-state index contributed by atoms with van der Waals surface area (Å²) in [6, 6.07) is 0. The fraction of sp³-hybridized carbons (Fsp3) is 0.806. The summed E-state index contributed by atoms with van der Waals surface area (Å²) in [5.41, 5.74) is -0.361. The summed E-state index contributed by atoms with van der Waals surface area (Å²) >= 11 is 0. The van der Waals surface area contributed by atoms with Crippen molar-refractivity contribution in [3.8, 4) is 0 Å². The highest BCUT2D eigenvalue weighted by atomic mass is 32.3. The Morgan fingerprint density at radius 2 is 1.69 bits per heavy atom. The van der Waals surface area contributed by atoms with Crippen molar-refractivity contribution in [1.29, 1.82) is 0 Å². The van der Waals surface area contributed by atoms with Crippen LogP contribution in [0, 0.1) is 0 Å². The van der Waals surface area contributed by atoms with Gasteiger partial charge in [-0.1, -0.05) is 0 Å². The van der Waals surface area contributed by atoms with Crippen LogP contribution in [0.4, 0.5) is 5.95 Å². The Labute approximate surface area is 312 Å². The first-order valence-corrected chi connectivity index (χ1v) is 20.7. The van der Waals surface area contributed by atoms with Crippen molar-refractivity contribution in [1.82, 2.24) is 28.7 Å². The lowest BCUT2D eigenvalue weighted by Crippen LogP contribution is -2.61. The lowest BCUT2D eigenvalue weighted by Gasteiger charge is -2.40. The van der Waals surface area contributed by atoms with Crippen molar-refractivity contribution < 1.29 is 59.5 Å². The monoisotopic (exact) mass is 805 g/mol. The number of hydrogen-bond acceptors (Lipinski definition) is 17. The average molecular weight is 806 g/mol. The van der Waals surface area contributed by atoms with Gasteiger partial charge in [0.2, 0.25) is 21.8 Å². The van der Waals surface area contributed by atoms with E-state index in [9.17, 15) is 21.6 Å². The normalized spacial score (nSPS) is 34.1. The summed E-state index contributed by atoms with van der Waals surface area (Å²) in [6.07, 6.45) is -2.99. The molecular weight excluding hydrogens is 759 g/mol. The Bertz CT molecular complexity index is 2090. The molecule has 0 aliphatic carbocycles. The molecule has 0 spiro atoms. The van der Waals surface area contributed by atoms with E-state index in [2.05, 4.69) is 19.7 Å². The van der Waals surface area contributed by atoms with E-state index in [0.29, 0.717) is 0 Å². The quantitative estimate of drug-likeness (QED) is 0.211. The molecule has 0 saturated carbocycles. The molecule has 302 valence electrons. The molecule has 7 rings (SSSR count). The first-order valence-electron chi connectivity index (χ1n) is 17.3. The minimum atomic E-state index is -4.50. The van der Waals surface area contributed by atoms with Crippen LogP contribution < -0.4 is 10.3 Å². The fourth-order valence-corrected chi connectivity index (χ4v) is 11.4. The molecule has 0 bridgehead atoms. The molecule has 7 heterocycles. The van der Waals surface area contributed by atoms with E-state index in [-0.39, 0.29) is 37.0 Å². The third kappa shape index (κ3) is 7.57. The Kier molecular flexibility index (Phi) is 9.87. The van der Waals surface area contributed by atoms with Gasteiger partial charge in [0.1, 0.15) is 49.1 Å².